The lowest BCUT2D eigenvalue weighted by molar-refractivity contribution is 0.356. The van der Waals surface area contributed by atoms with E-state index >= 15 is 0 Å². The van der Waals surface area contributed by atoms with Crippen LogP contribution in [-0.2, 0) is 5.54 Å². The van der Waals surface area contributed by atoms with Gasteiger partial charge in [0, 0.05) is 22.5 Å². The highest BCUT2D eigenvalue weighted by Crippen LogP contribution is 2.51. The number of nitrogens with two attached hydrogens (primary N) is 1. The molecule has 4 rings (SSSR count). The van der Waals surface area contributed by atoms with E-state index in [2.05, 4.69) is 4.98 Å². The summed E-state index contributed by atoms with van der Waals surface area (Å²) in [6, 6.07) is 9.16. The number of benzene rings is 1. The zero-order chi connectivity index (χ0) is 16.7. The van der Waals surface area contributed by atoms with E-state index in [9.17, 15) is 4.39 Å². The zero-order valence-corrected chi connectivity index (χ0v) is 14.6. The van der Waals surface area contributed by atoms with Crippen molar-refractivity contribution >= 4 is 28.5 Å². The predicted molar refractivity (Wildman–Crippen MR) is 97.7 cm³/mol. The van der Waals surface area contributed by atoms with E-state index in [1.54, 1.807) is 30.0 Å². The van der Waals surface area contributed by atoms with Gasteiger partial charge in [-0.25, -0.2) is 4.98 Å². The summed E-state index contributed by atoms with van der Waals surface area (Å²) >= 11 is 7.99. The molecule has 24 heavy (non-hydrogen) atoms. The summed E-state index contributed by atoms with van der Waals surface area (Å²) in [5.74, 6) is 0.923. The minimum Gasteiger partial charge on any atom is -0.379 e. The molecule has 6 heteroatoms. The molecular weight excluding hydrogens is 345 g/mol. The molecule has 1 saturated carbocycles. The summed E-state index contributed by atoms with van der Waals surface area (Å²) in [5.41, 5.74) is 7.92. The molecule has 124 valence electrons. The van der Waals surface area contributed by atoms with Crippen molar-refractivity contribution in [1.82, 2.24) is 4.98 Å². The van der Waals surface area contributed by atoms with E-state index in [1.165, 1.54) is 6.20 Å². The molecule has 2 heterocycles. The highest BCUT2D eigenvalue weighted by atomic mass is 35.5. The molecular formula is C18H17ClFN3S. The van der Waals surface area contributed by atoms with E-state index < -0.39 is 5.95 Å². The first kappa shape index (κ1) is 15.9. The fraction of sp³-hybridized carbons (Fsp3) is 0.333. The number of halogens is 2. The summed E-state index contributed by atoms with van der Waals surface area (Å²) in [7, 11) is 0. The Kier molecular flexibility index (Phi) is 4.01. The van der Waals surface area contributed by atoms with Crippen LogP contribution in [0.25, 0.3) is 11.1 Å². The third-order valence-corrected chi connectivity index (χ3v) is 6.17. The normalized spacial score (nSPS) is 26.1. The fourth-order valence-corrected chi connectivity index (χ4v) is 5.16. The average molecular weight is 362 g/mol. The minimum atomic E-state index is -0.492. The van der Waals surface area contributed by atoms with Gasteiger partial charge in [-0.05, 0) is 60.2 Å². The lowest BCUT2D eigenvalue weighted by Gasteiger charge is -2.36. The molecule has 0 saturated heterocycles. The molecule has 1 fully saturated rings. The largest absolute Gasteiger partial charge is 0.379 e. The van der Waals surface area contributed by atoms with E-state index in [1.807, 2.05) is 12.1 Å². The smallest absolute Gasteiger partial charge is 0.220 e. The molecule has 2 aromatic rings. The van der Waals surface area contributed by atoms with Crippen LogP contribution < -0.4 is 5.73 Å². The minimum absolute atomic E-state index is 0.326. The topological polar surface area (TPSA) is 51.3 Å². The lowest BCUT2D eigenvalue weighted by atomic mass is 9.80. The third kappa shape index (κ3) is 2.60. The van der Waals surface area contributed by atoms with Crippen molar-refractivity contribution in [3.8, 4) is 11.1 Å². The lowest BCUT2D eigenvalue weighted by Crippen LogP contribution is -2.36. The maximum absolute atomic E-state index is 14.1. The number of hydrogen-bond acceptors (Lipinski definition) is 4. The second-order valence-electron chi connectivity index (χ2n) is 6.34. The van der Waals surface area contributed by atoms with Gasteiger partial charge < -0.3 is 5.73 Å². The van der Waals surface area contributed by atoms with Gasteiger partial charge in [-0.15, -0.1) is 0 Å². The van der Waals surface area contributed by atoms with Crippen molar-refractivity contribution in [2.24, 2.45) is 16.6 Å². The second-order valence-corrected chi connectivity index (χ2v) is 7.82. The van der Waals surface area contributed by atoms with Gasteiger partial charge in [0.1, 0.15) is 0 Å². The molecule has 2 atom stereocenters. The van der Waals surface area contributed by atoms with Crippen LogP contribution in [0.5, 0.6) is 0 Å². The molecule has 2 aliphatic rings. The van der Waals surface area contributed by atoms with Gasteiger partial charge in [-0.2, -0.15) is 4.39 Å². The van der Waals surface area contributed by atoms with Crippen molar-refractivity contribution in [2.75, 3.05) is 5.75 Å². The zero-order valence-electron chi connectivity index (χ0n) is 13.0. The summed E-state index contributed by atoms with van der Waals surface area (Å²) in [6.45, 7) is 0. The number of aromatic nitrogens is 1. The van der Waals surface area contributed by atoms with Crippen molar-refractivity contribution in [3.05, 3.63) is 53.1 Å². The SMILES string of the molecule is NC1=NC2(c3cc(Cl)cc(-c4cccnc4F)c3)CCCC2CS1. The van der Waals surface area contributed by atoms with E-state index in [0.29, 0.717) is 21.7 Å². The Morgan fingerprint density at radius 1 is 1.33 bits per heavy atom. The van der Waals surface area contributed by atoms with E-state index in [-0.39, 0.29) is 5.54 Å². The van der Waals surface area contributed by atoms with E-state index in [0.717, 1.165) is 36.1 Å². The first-order valence-electron chi connectivity index (χ1n) is 7.98. The number of thioether (sulfide) groups is 1. The molecule has 0 amide bonds. The Bertz CT molecular complexity index is 826. The maximum atomic E-state index is 14.1. The van der Waals surface area contributed by atoms with Gasteiger partial charge in [-0.1, -0.05) is 29.8 Å². The number of hydrogen-bond donors (Lipinski definition) is 1. The van der Waals surface area contributed by atoms with Crippen molar-refractivity contribution in [1.29, 1.82) is 0 Å². The van der Waals surface area contributed by atoms with Gasteiger partial charge >= 0.3 is 0 Å². The van der Waals surface area contributed by atoms with Crippen LogP contribution in [0.2, 0.25) is 5.02 Å². The first-order chi connectivity index (χ1) is 11.6. The van der Waals surface area contributed by atoms with Crippen LogP contribution in [0.15, 0.2) is 41.5 Å². The number of pyridine rings is 1. The quantitative estimate of drug-likeness (QED) is 0.795. The third-order valence-electron chi connectivity index (χ3n) is 5.00. The van der Waals surface area contributed by atoms with Gasteiger partial charge in [-0.3, -0.25) is 4.99 Å². The maximum Gasteiger partial charge on any atom is 0.220 e. The van der Waals surface area contributed by atoms with Crippen LogP contribution in [0, 0.1) is 11.9 Å². The summed E-state index contributed by atoms with van der Waals surface area (Å²) in [6.07, 6.45) is 4.64. The summed E-state index contributed by atoms with van der Waals surface area (Å²) < 4.78 is 14.1. The molecule has 1 aromatic heterocycles. The monoisotopic (exact) mass is 361 g/mol. The Morgan fingerprint density at radius 2 is 2.21 bits per heavy atom. The Labute approximate surface area is 149 Å². The summed E-state index contributed by atoms with van der Waals surface area (Å²) in [4.78, 5) is 8.58. The molecule has 3 nitrogen and oxygen atoms in total. The van der Waals surface area contributed by atoms with Gasteiger partial charge in [0.05, 0.1) is 5.54 Å². The number of fused-ring (bicyclic) bond motifs is 1. The molecule has 2 N–H and O–H groups in total. The van der Waals surface area contributed by atoms with Crippen LogP contribution in [0.1, 0.15) is 24.8 Å². The first-order valence-corrected chi connectivity index (χ1v) is 9.35. The number of nitrogens with zero attached hydrogens (tertiary/aromatic N) is 2. The second kappa shape index (κ2) is 6.05. The molecule has 0 radical (unpaired) electrons. The Hall–Kier alpha value is -1.59. The van der Waals surface area contributed by atoms with E-state index in [4.69, 9.17) is 22.3 Å². The van der Waals surface area contributed by atoms with Gasteiger partial charge in [0.15, 0.2) is 5.17 Å². The van der Waals surface area contributed by atoms with Gasteiger partial charge in [0.25, 0.3) is 0 Å². The van der Waals surface area contributed by atoms with Crippen LogP contribution in [0.3, 0.4) is 0 Å². The number of amidine groups is 1. The number of aliphatic imine (C=N–C) groups is 1. The highest BCUT2D eigenvalue weighted by Gasteiger charge is 2.46. The average Bonchev–Trinajstić information content (AvgIpc) is 2.99. The van der Waals surface area contributed by atoms with Gasteiger partial charge in [0.2, 0.25) is 5.95 Å². The van der Waals surface area contributed by atoms with Crippen LogP contribution in [-0.4, -0.2) is 15.9 Å². The fourth-order valence-electron chi connectivity index (χ4n) is 3.89. The predicted octanol–water partition coefficient (Wildman–Crippen LogP) is 4.60. The Balaban J connectivity index is 1.88. The summed E-state index contributed by atoms with van der Waals surface area (Å²) in [5, 5.41) is 1.21. The molecule has 1 aliphatic heterocycles. The van der Waals surface area contributed by atoms with Crippen molar-refractivity contribution in [2.45, 2.75) is 24.8 Å². The Morgan fingerprint density at radius 3 is 3.04 bits per heavy atom. The molecule has 2 unspecified atom stereocenters. The molecule has 0 bridgehead atoms. The van der Waals surface area contributed by atoms with Crippen molar-refractivity contribution < 1.29 is 4.39 Å². The molecule has 0 spiro atoms. The van der Waals surface area contributed by atoms with Crippen LogP contribution in [0.4, 0.5) is 4.39 Å². The van der Waals surface area contributed by atoms with Crippen LogP contribution >= 0.6 is 23.4 Å². The van der Waals surface area contributed by atoms with Crippen molar-refractivity contribution in [3.63, 3.8) is 0 Å². The molecule has 1 aromatic carbocycles. The standard InChI is InChI=1S/C18H17ClFN3S/c19-14-8-11(15-4-2-6-22-16(15)20)7-13(9-14)18-5-1-3-12(18)10-24-17(21)23-18/h2,4,6-9,12H,1,3,5,10H2,(H2,21,23). The molecule has 1 aliphatic carbocycles. The number of rotatable bonds is 2. The highest BCUT2D eigenvalue weighted by molar-refractivity contribution is 8.13.